The molecule has 1 amide bonds. The lowest BCUT2D eigenvalue weighted by atomic mass is 10.1. The molecule has 0 radical (unpaired) electrons. The lowest BCUT2D eigenvalue weighted by Gasteiger charge is -2.08. The van der Waals surface area contributed by atoms with Gasteiger partial charge < -0.3 is 9.73 Å². The molecule has 0 aliphatic carbocycles. The normalized spacial score (nSPS) is 10.9. The Morgan fingerprint density at radius 3 is 2.65 bits per heavy atom. The van der Waals surface area contributed by atoms with E-state index in [1.54, 1.807) is 12.1 Å². The van der Waals surface area contributed by atoms with Gasteiger partial charge in [-0.2, -0.15) is 5.26 Å². The third-order valence-corrected chi connectivity index (χ3v) is 3.07. The summed E-state index contributed by atoms with van der Waals surface area (Å²) >= 11 is 0. The van der Waals surface area contributed by atoms with E-state index in [-0.39, 0.29) is 11.3 Å². The quantitative estimate of drug-likeness (QED) is 0.403. The molecule has 2 rings (SSSR count). The number of aryl methyl sites for hydroxylation is 2. The first-order chi connectivity index (χ1) is 10.9. The largest absolute Gasteiger partial charge is 0.433 e. The minimum Gasteiger partial charge on any atom is -0.401 e. The SMILES string of the molecule is Cc1ccc(NC(=O)C(C#N)=Cc2ccc([N+](=O)[O-])o2)c(C)c1. The number of amides is 1. The molecule has 0 bridgehead atoms. The summed E-state index contributed by atoms with van der Waals surface area (Å²) < 4.78 is 4.91. The van der Waals surface area contributed by atoms with Crippen molar-refractivity contribution in [2.45, 2.75) is 13.8 Å². The molecular weight excluding hydrogens is 298 g/mol. The summed E-state index contributed by atoms with van der Waals surface area (Å²) in [6.07, 6.45) is 1.16. The minimum atomic E-state index is -0.695. The molecule has 1 aromatic heterocycles. The number of nitrogens with zero attached hydrogens (tertiary/aromatic N) is 2. The first kappa shape index (κ1) is 16.0. The number of carbonyl (C=O) groups excluding carboxylic acids is 1. The van der Waals surface area contributed by atoms with Crippen LogP contribution in [-0.4, -0.2) is 10.8 Å². The van der Waals surface area contributed by atoms with E-state index in [4.69, 9.17) is 9.68 Å². The van der Waals surface area contributed by atoms with Crippen LogP contribution in [0, 0.1) is 35.3 Å². The zero-order valence-corrected chi connectivity index (χ0v) is 12.5. The van der Waals surface area contributed by atoms with Crippen LogP contribution >= 0.6 is 0 Å². The maximum atomic E-state index is 12.1. The number of hydrogen-bond donors (Lipinski definition) is 1. The standard InChI is InChI=1S/C16H13N3O4/c1-10-3-5-14(11(2)7-10)18-16(20)12(9-17)8-13-4-6-15(23-13)19(21)22/h3-8H,1-2H3,(H,18,20). The van der Waals surface area contributed by atoms with Crippen molar-refractivity contribution in [2.75, 3.05) is 5.32 Å². The van der Waals surface area contributed by atoms with Crippen LogP contribution in [0.15, 0.2) is 40.3 Å². The average molecular weight is 311 g/mol. The molecule has 1 heterocycles. The van der Waals surface area contributed by atoms with Gasteiger partial charge in [-0.05, 0) is 31.5 Å². The Labute approximate surface area is 132 Å². The molecule has 7 nitrogen and oxygen atoms in total. The number of benzene rings is 1. The highest BCUT2D eigenvalue weighted by molar-refractivity contribution is 6.09. The van der Waals surface area contributed by atoms with Crippen molar-refractivity contribution in [1.29, 1.82) is 5.26 Å². The molecule has 0 saturated carbocycles. The van der Waals surface area contributed by atoms with Gasteiger partial charge in [-0.3, -0.25) is 14.9 Å². The van der Waals surface area contributed by atoms with Crippen LogP contribution in [0.25, 0.3) is 6.08 Å². The molecule has 0 fully saturated rings. The number of hydrogen-bond acceptors (Lipinski definition) is 5. The smallest absolute Gasteiger partial charge is 0.401 e. The van der Waals surface area contributed by atoms with E-state index in [2.05, 4.69) is 5.32 Å². The highest BCUT2D eigenvalue weighted by Gasteiger charge is 2.15. The van der Waals surface area contributed by atoms with Gasteiger partial charge in [0, 0.05) is 11.8 Å². The van der Waals surface area contributed by atoms with E-state index in [0.717, 1.165) is 23.3 Å². The lowest BCUT2D eigenvalue weighted by molar-refractivity contribution is -0.402. The predicted octanol–water partition coefficient (Wildman–Crippen LogP) is 3.35. The van der Waals surface area contributed by atoms with E-state index in [9.17, 15) is 14.9 Å². The van der Waals surface area contributed by atoms with Gasteiger partial charge in [0.15, 0.2) is 0 Å². The molecule has 0 atom stereocenters. The Hall–Kier alpha value is -3.40. The van der Waals surface area contributed by atoms with Gasteiger partial charge in [-0.1, -0.05) is 17.7 Å². The number of nitriles is 1. The average Bonchev–Trinajstić information content (AvgIpc) is 2.96. The van der Waals surface area contributed by atoms with Gasteiger partial charge in [-0.25, -0.2) is 0 Å². The maximum Gasteiger partial charge on any atom is 0.433 e. The number of carbonyl (C=O) groups is 1. The van der Waals surface area contributed by atoms with Crippen molar-refractivity contribution in [3.05, 3.63) is 62.9 Å². The Bertz CT molecular complexity index is 843. The van der Waals surface area contributed by atoms with Crippen LogP contribution in [0.4, 0.5) is 11.6 Å². The van der Waals surface area contributed by atoms with Crippen molar-refractivity contribution >= 4 is 23.6 Å². The van der Waals surface area contributed by atoms with Crippen LogP contribution in [0.1, 0.15) is 16.9 Å². The zero-order valence-electron chi connectivity index (χ0n) is 12.5. The third-order valence-electron chi connectivity index (χ3n) is 3.07. The second-order valence-corrected chi connectivity index (χ2v) is 4.88. The molecule has 1 aromatic carbocycles. The monoisotopic (exact) mass is 311 g/mol. The van der Waals surface area contributed by atoms with Crippen LogP contribution in [0.5, 0.6) is 0 Å². The van der Waals surface area contributed by atoms with Crippen molar-refractivity contribution in [3.63, 3.8) is 0 Å². The van der Waals surface area contributed by atoms with E-state index >= 15 is 0 Å². The number of furan rings is 1. The number of nitro groups is 1. The topological polar surface area (TPSA) is 109 Å². The van der Waals surface area contributed by atoms with Gasteiger partial charge in [0.25, 0.3) is 5.91 Å². The molecule has 1 N–H and O–H groups in total. The maximum absolute atomic E-state index is 12.1. The predicted molar refractivity (Wildman–Crippen MR) is 83.5 cm³/mol. The zero-order chi connectivity index (χ0) is 17.0. The lowest BCUT2D eigenvalue weighted by Crippen LogP contribution is -2.14. The van der Waals surface area contributed by atoms with Gasteiger partial charge >= 0.3 is 5.88 Å². The van der Waals surface area contributed by atoms with Crippen LogP contribution in [0.3, 0.4) is 0 Å². The molecule has 7 heteroatoms. The molecule has 2 aromatic rings. The van der Waals surface area contributed by atoms with Crippen LogP contribution in [0.2, 0.25) is 0 Å². The minimum absolute atomic E-state index is 0.0593. The first-order valence-electron chi connectivity index (χ1n) is 6.65. The van der Waals surface area contributed by atoms with Crippen molar-refractivity contribution < 1.29 is 14.1 Å². The van der Waals surface area contributed by atoms with Crippen molar-refractivity contribution in [2.24, 2.45) is 0 Å². The summed E-state index contributed by atoms with van der Waals surface area (Å²) in [5.74, 6) is -1.01. The van der Waals surface area contributed by atoms with E-state index < -0.39 is 16.7 Å². The van der Waals surface area contributed by atoms with Crippen molar-refractivity contribution in [3.8, 4) is 6.07 Å². The van der Waals surface area contributed by atoms with Crippen LogP contribution < -0.4 is 5.32 Å². The highest BCUT2D eigenvalue weighted by atomic mass is 16.6. The molecule has 0 aliphatic rings. The van der Waals surface area contributed by atoms with Crippen LogP contribution in [-0.2, 0) is 4.79 Å². The number of nitrogens with one attached hydrogen (secondary N) is 1. The molecule has 0 aliphatic heterocycles. The van der Waals surface area contributed by atoms with Gasteiger partial charge in [-0.15, -0.1) is 0 Å². The van der Waals surface area contributed by atoms with E-state index in [1.165, 1.54) is 6.07 Å². The first-order valence-corrected chi connectivity index (χ1v) is 6.65. The Morgan fingerprint density at radius 1 is 1.35 bits per heavy atom. The molecule has 0 saturated heterocycles. The molecule has 0 spiro atoms. The number of rotatable bonds is 4. The fourth-order valence-electron chi connectivity index (χ4n) is 1.95. The summed E-state index contributed by atoms with van der Waals surface area (Å²) in [4.78, 5) is 22.0. The second-order valence-electron chi connectivity index (χ2n) is 4.88. The third kappa shape index (κ3) is 3.83. The van der Waals surface area contributed by atoms with E-state index in [0.29, 0.717) is 5.69 Å². The fourth-order valence-corrected chi connectivity index (χ4v) is 1.95. The van der Waals surface area contributed by atoms with E-state index in [1.807, 2.05) is 26.0 Å². The molecular formula is C16H13N3O4. The summed E-state index contributed by atoms with van der Waals surface area (Å²) in [7, 11) is 0. The van der Waals surface area contributed by atoms with Gasteiger partial charge in [0.2, 0.25) is 0 Å². The Balaban J connectivity index is 2.22. The van der Waals surface area contributed by atoms with Crippen molar-refractivity contribution in [1.82, 2.24) is 0 Å². The summed E-state index contributed by atoms with van der Waals surface area (Å²) in [6, 6.07) is 9.72. The summed E-state index contributed by atoms with van der Waals surface area (Å²) in [5.41, 5.74) is 2.30. The highest BCUT2D eigenvalue weighted by Crippen LogP contribution is 2.20. The summed E-state index contributed by atoms with van der Waals surface area (Å²) in [5, 5.41) is 22.3. The Kier molecular flexibility index (Phi) is 4.57. The number of anilines is 1. The molecule has 0 unspecified atom stereocenters. The fraction of sp³-hybridized carbons (Fsp3) is 0.125. The second kappa shape index (κ2) is 6.58. The van der Waals surface area contributed by atoms with Gasteiger partial charge in [0.1, 0.15) is 22.3 Å². The Morgan fingerprint density at radius 2 is 2.09 bits per heavy atom. The molecule has 116 valence electrons. The molecule has 23 heavy (non-hydrogen) atoms. The summed E-state index contributed by atoms with van der Waals surface area (Å²) in [6.45, 7) is 3.78. The van der Waals surface area contributed by atoms with Gasteiger partial charge in [0.05, 0.1) is 6.07 Å².